The standard InChI is InChI=1S/C15H12BNO3/c18-15-13-4-2-1-3-11(13)9-14(17-15)10-5-7-12(8-6-10)16(19)20/h1-9,19-20H,(H,17,18). The van der Waals surface area contributed by atoms with Gasteiger partial charge in [-0.2, -0.15) is 0 Å². The van der Waals surface area contributed by atoms with E-state index in [-0.39, 0.29) is 5.56 Å². The van der Waals surface area contributed by atoms with Crippen molar-refractivity contribution >= 4 is 23.4 Å². The van der Waals surface area contributed by atoms with Crippen LogP contribution in [-0.4, -0.2) is 22.2 Å². The molecule has 0 saturated heterocycles. The Morgan fingerprint density at radius 1 is 0.950 bits per heavy atom. The number of hydrogen-bond donors (Lipinski definition) is 3. The molecular weight excluding hydrogens is 253 g/mol. The van der Waals surface area contributed by atoms with Crippen LogP contribution in [0.3, 0.4) is 0 Å². The topological polar surface area (TPSA) is 73.3 Å². The minimum Gasteiger partial charge on any atom is -0.423 e. The third-order valence-corrected chi connectivity index (χ3v) is 3.27. The molecule has 1 heterocycles. The normalized spacial score (nSPS) is 10.7. The molecule has 20 heavy (non-hydrogen) atoms. The highest BCUT2D eigenvalue weighted by atomic mass is 16.4. The molecule has 98 valence electrons. The van der Waals surface area contributed by atoms with E-state index in [9.17, 15) is 4.79 Å². The molecular formula is C15H12BNO3. The lowest BCUT2D eigenvalue weighted by atomic mass is 9.80. The fourth-order valence-electron chi connectivity index (χ4n) is 2.20. The van der Waals surface area contributed by atoms with E-state index < -0.39 is 7.12 Å². The zero-order valence-corrected chi connectivity index (χ0v) is 10.6. The summed E-state index contributed by atoms with van der Waals surface area (Å²) in [6.45, 7) is 0. The third-order valence-electron chi connectivity index (χ3n) is 3.27. The molecule has 1 aromatic heterocycles. The van der Waals surface area contributed by atoms with Crippen LogP contribution in [0.1, 0.15) is 0 Å². The van der Waals surface area contributed by atoms with Crippen LogP contribution in [0, 0.1) is 0 Å². The van der Waals surface area contributed by atoms with Crippen LogP contribution in [0.5, 0.6) is 0 Å². The van der Waals surface area contributed by atoms with E-state index in [4.69, 9.17) is 10.0 Å². The summed E-state index contributed by atoms with van der Waals surface area (Å²) < 4.78 is 0. The number of aromatic nitrogens is 1. The van der Waals surface area contributed by atoms with Gasteiger partial charge in [0.15, 0.2) is 0 Å². The van der Waals surface area contributed by atoms with Gasteiger partial charge in [0, 0.05) is 11.1 Å². The molecule has 4 nitrogen and oxygen atoms in total. The summed E-state index contributed by atoms with van der Waals surface area (Å²) in [5.74, 6) is 0. The fourth-order valence-corrected chi connectivity index (χ4v) is 2.20. The maximum Gasteiger partial charge on any atom is 0.488 e. The average Bonchev–Trinajstić information content (AvgIpc) is 2.47. The van der Waals surface area contributed by atoms with Gasteiger partial charge in [0.2, 0.25) is 0 Å². The molecule has 0 aliphatic heterocycles. The van der Waals surface area contributed by atoms with E-state index in [1.54, 1.807) is 30.3 Å². The van der Waals surface area contributed by atoms with Gasteiger partial charge in [0.25, 0.3) is 5.56 Å². The van der Waals surface area contributed by atoms with Crippen molar-refractivity contribution in [1.29, 1.82) is 0 Å². The average molecular weight is 265 g/mol. The van der Waals surface area contributed by atoms with Gasteiger partial charge in [0.05, 0.1) is 0 Å². The maximum absolute atomic E-state index is 12.0. The first-order valence-corrected chi connectivity index (χ1v) is 6.24. The zero-order valence-electron chi connectivity index (χ0n) is 10.6. The summed E-state index contributed by atoms with van der Waals surface area (Å²) in [6, 6.07) is 16.0. The molecule has 3 rings (SSSR count). The number of rotatable bonds is 2. The number of hydrogen-bond acceptors (Lipinski definition) is 3. The highest BCUT2D eigenvalue weighted by Crippen LogP contribution is 2.18. The zero-order chi connectivity index (χ0) is 14.1. The Balaban J connectivity index is 2.12. The molecule has 0 fully saturated rings. The van der Waals surface area contributed by atoms with Crippen molar-refractivity contribution in [2.75, 3.05) is 0 Å². The van der Waals surface area contributed by atoms with Crippen LogP contribution < -0.4 is 11.0 Å². The van der Waals surface area contributed by atoms with E-state index in [0.29, 0.717) is 16.5 Å². The second-order valence-corrected chi connectivity index (χ2v) is 4.60. The Labute approximate surface area is 115 Å². The Kier molecular flexibility index (Phi) is 3.14. The highest BCUT2D eigenvalue weighted by molar-refractivity contribution is 6.58. The highest BCUT2D eigenvalue weighted by Gasteiger charge is 2.10. The summed E-state index contributed by atoms with van der Waals surface area (Å²) in [5, 5.41) is 19.7. The molecule has 3 aromatic rings. The van der Waals surface area contributed by atoms with Gasteiger partial charge in [-0.25, -0.2) is 0 Å². The Morgan fingerprint density at radius 3 is 2.35 bits per heavy atom. The van der Waals surface area contributed by atoms with E-state index >= 15 is 0 Å². The molecule has 0 atom stereocenters. The monoisotopic (exact) mass is 265 g/mol. The molecule has 2 aromatic carbocycles. The largest absolute Gasteiger partial charge is 0.488 e. The molecule has 0 saturated carbocycles. The van der Waals surface area contributed by atoms with Gasteiger partial charge < -0.3 is 15.0 Å². The predicted octanol–water partition coefficient (Wildman–Crippen LogP) is 0.875. The first kappa shape index (κ1) is 12.7. The lowest BCUT2D eigenvalue weighted by Crippen LogP contribution is -2.29. The minimum atomic E-state index is -1.49. The summed E-state index contributed by atoms with van der Waals surface area (Å²) in [6.07, 6.45) is 0. The molecule has 0 unspecified atom stereocenters. The molecule has 0 amide bonds. The number of nitrogens with one attached hydrogen (secondary N) is 1. The molecule has 0 radical (unpaired) electrons. The van der Waals surface area contributed by atoms with Crippen molar-refractivity contribution in [1.82, 2.24) is 4.98 Å². The molecule has 0 bridgehead atoms. The third kappa shape index (κ3) is 2.24. The smallest absolute Gasteiger partial charge is 0.423 e. The molecule has 0 aliphatic rings. The van der Waals surface area contributed by atoms with Gasteiger partial charge in [-0.1, -0.05) is 42.5 Å². The summed E-state index contributed by atoms with van der Waals surface area (Å²) >= 11 is 0. The van der Waals surface area contributed by atoms with Crippen molar-refractivity contribution in [3.8, 4) is 11.3 Å². The number of pyridine rings is 1. The number of fused-ring (bicyclic) bond motifs is 1. The van der Waals surface area contributed by atoms with Crippen molar-refractivity contribution in [2.45, 2.75) is 0 Å². The van der Waals surface area contributed by atoms with Crippen molar-refractivity contribution in [2.24, 2.45) is 0 Å². The summed E-state index contributed by atoms with van der Waals surface area (Å²) in [4.78, 5) is 14.8. The Hall–Kier alpha value is -2.37. The molecule has 3 N–H and O–H groups in total. The number of H-pyrrole nitrogens is 1. The van der Waals surface area contributed by atoms with Crippen LogP contribution >= 0.6 is 0 Å². The quantitative estimate of drug-likeness (QED) is 0.602. The van der Waals surface area contributed by atoms with E-state index in [2.05, 4.69) is 4.98 Å². The van der Waals surface area contributed by atoms with Gasteiger partial charge in [0.1, 0.15) is 0 Å². The van der Waals surface area contributed by atoms with Gasteiger partial charge in [-0.05, 0) is 28.5 Å². The number of benzene rings is 2. The first-order chi connectivity index (χ1) is 9.65. The van der Waals surface area contributed by atoms with Gasteiger partial charge in [-0.15, -0.1) is 0 Å². The second kappa shape index (κ2) is 4.96. The van der Waals surface area contributed by atoms with Crippen LogP contribution in [0.25, 0.3) is 22.0 Å². The molecule has 0 aliphatic carbocycles. The number of aromatic amines is 1. The van der Waals surface area contributed by atoms with Gasteiger partial charge >= 0.3 is 7.12 Å². The predicted molar refractivity (Wildman–Crippen MR) is 79.8 cm³/mol. The lowest BCUT2D eigenvalue weighted by Gasteiger charge is -2.05. The fraction of sp³-hybridized carbons (Fsp3) is 0. The van der Waals surface area contributed by atoms with Crippen LogP contribution in [0.4, 0.5) is 0 Å². The summed E-state index contributed by atoms with van der Waals surface area (Å²) in [5.41, 5.74) is 1.80. The SMILES string of the molecule is O=c1[nH]c(-c2ccc(B(O)O)cc2)cc2ccccc12. The molecule has 5 heteroatoms. The maximum atomic E-state index is 12.0. The van der Waals surface area contributed by atoms with E-state index in [1.165, 1.54) is 0 Å². The Morgan fingerprint density at radius 2 is 1.65 bits per heavy atom. The molecule has 0 spiro atoms. The van der Waals surface area contributed by atoms with Gasteiger partial charge in [-0.3, -0.25) is 4.79 Å². The summed E-state index contributed by atoms with van der Waals surface area (Å²) in [7, 11) is -1.49. The van der Waals surface area contributed by atoms with E-state index in [1.807, 2.05) is 24.3 Å². The Bertz CT molecular complexity index is 809. The minimum absolute atomic E-state index is 0.135. The second-order valence-electron chi connectivity index (χ2n) is 4.60. The lowest BCUT2D eigenvalue weighted by molar-refractivity contribution is 0.426. The van der Waals surface area contributed by atoms with Crippen molar-refractivity contribution in [3.63, 3.8) is 0 Å². The van der Waals surface area contributed by atoms with Crippen molar-refractivity contribution in [3.05, 3.63) is 65.0 Å². The first-order valence-electron chi connectivity index (χ1n) is 6.24. The van der Waals surface area contributed by atoms with Crippen LogP contribution in [0.2, 0.25) is 0 Å². The van der Waals surface area contributed by atoms with Crippen LogP contribution in [0.15, 0.2) is 59.4 Å². The van der Waals surface area contributed by atoms with Crippen LogP contribution in [-0.2, 0) is 0 Å². The van der Waals surface area contributed by atoms with E-state index in [0.717, 1.165) is 10.9 Å². The van der Waals surface area contributed by atoms with Crippen molar-refractivity contribution < 1.29 is 10.0 Å².